The normalized spacial score (nSPS) is 11.6. The number of anilines is 1. The molecule has 0 bridgehead atoms. The largest absolute Gasteiger partial charge is 0.344 e. The molecule has 1 rings (SSSR count). The smallest absolute Gasteiger partial charge is 0.224 e. The molecule has 4 nitrogen and oxygen atoms in total. The fraction of sp³-hybridized carbons (Fsp3) is 0.692. The summed E-state index contributed by atoms with van der Waals surface area (Å²) in [6.45, 7) is 8.49. The lowest BCUT2D eigenvalue weighted by Gasteiger charge is -2.20. The van der Waals surface area contributed by atoms with Gasteiger partial charge in [0.15, 0.2) is 0 Å². The van der Waals surface area contributed by atoms with E-state index in [4.69, 9.17) is 0 Å². The molecule has 4 heteroatoms. The fourth-order valence-electron chi connectivity index (χ4n) is 1.50. The van der Waals surface area contributed by atoms with E-state index in [1.807, 2.05) is 26.5 Å². The number of nitrogens with zero attached hydrogens (tertiary/aromatic N) is 3. The lowest BCUT2D eigenvalue weighted by atomic mass is 9.89. The average molecular weight is 236 g/mol. The van der Waals surface area contributed by atoms with E-state index in [2.05, 4.69) is 41.0 Å². The second-order valence-electron chi connectivity index (χ2n) is 5.40. The van der Waals surface area contributed by atoms with Crippen LogP contribution in [0.15, 0.2) is 12.4 Å². The Morgan fingerprint density at radius 1 is 1.24 bits per heavy atom. The van der Waals surface area contributed by atoms with Crippen LogP contribution in [0.1, 0.15) is 32.8 Å². The number of nitrogens with one attached hydrogen (secondary N) is 1. The first-order valence-electron chi connectivity index (χ1n) is 6.13. The second kappa shape index (κ2) is 5.96. The third-order valence-corrected chi connectivity index (χ3v) is 2.77. The summed E-state index contributed by atoms with van der Waals surface area (Å²) in [5, 5.41) is 3.14. The third kappa shape index (κ3) is 4.30. The van der Waals surface area contributed by atoms with E-state index in [-0.39, 0.29) is 5.41 Å². The van der Waals surface area contributed by atoms with Crippen molar-refractivity contribution in [2.45, 2.75) is 32.6 Å². The molecule has 0 saturated heterocycles. The van der Waals surface area contributed by atoms with Crippen LogP contribution in [0.4, 0.5) is 5.95 Å². The van der Waals surface area contributed by atoms with Crippen LogP contribution < -0.4 is 10.2 Å². The highest BCUT2D eigenvalue weighted by atomic mass is 15.2. The topological polar surface area (TPSA) is 41.0 Å². The standard InChI is InChI=1S/C13H24N4/c1-13(2,3)11-9-15-12(16-10-11)17(5)8-6-7-14-4/h9-10,14H,6-8H2,1-5H3. The maximum atomic E-state index is 4.42. The molecular weight excluding hydrogens is 212 g/mol. The molecule has 0 aliphatic rings. The van der Waals surface area contributed by atoms with Crippen LogP contribution >= 0.6 is 0 Å². The van der Waals surface area contributed by atoms with Gasteiger partial charge in [-0.25, -0.2) is 9.97 Å². The summed E-state index contributed by atoms with van der Waals surface area (Å²) in [4.78, 5) is 10.9. The minimum Gasteiger partial charge on any atom is -0.344 e. The summed E-state index contributed by atoms with van der Waals surface area (Å²) in [7, 11) is 4.00. The summed E-state index contributed by atoms with van der Waals surface area (Å²) in [5.41, 5.74) is 1.29. The van der Waals surface area contributed by atoms with Gasteiger partial charge in [0, 0.05) is 26.0 Å². The molecule has 17 heavy (non-hydrogen) atoms. The van der Waals surface area contributed by atoms with Crippen molar-refractivity contribution >= 4 is 5.95 Å². The van der Waals surface area contributed by atoms with Crippen LogP contribution in [0.25, 0.3) is 0 Å². The van der Waals surface area contributed by atoms with E-state index in [1.54, 1.807) is 0 Å². The van der Waals surface area contributed by atoms with Crippen LogP contribution in [0.2, 0.25) is 0 Å². The fourth-order valence-corrected chi connectivity index (χ4v) is 1.50. The minimum atomic E-state index is 0.114. The molecule has 0 aliphatic carbocycles. The zero-order valence-corrected chi connectivity index (χ0v) is 11.6. The van der Waals surface area contributed by atoms with Crippen molar-refractivity contribution in [3.8, 4) is 0 Å². The molecule has 1 N–H and O–H groups in total. The van der Waals surface area contributed by atoms with Gasteiger partial charge in [-0.2, -0.15) is 0 Å². The van der Waals surface area contributed by atoms with Gasteiger partial charge in [-0.1, -0.05) is 20.8 Å². The Kier molecular flexibility index (Phi) is 4.87. The van der Waals surface area contributed by atoms with Crippen molar-refractivity contribution in [2.24, 2.45) is 0 Å². The van der Waals surface area contributed by atoms with Crippen molar-refractivity contribution in [3.05, 3.63) is 18.0 Å². The highest BCUT2D eigenvalue weighted by molar-refractivity contribution is 5.29. The summed E-state index contributed by atoms with van der Waals surface area (Å²) < 4.78 is 0. The van der Waals surface area contributed by atoms with Gasteiger partial charge in [0.1, 0.15) is 0 Å². The Morgan fingerprint density at radius 2 is 1.82 bits per heavy atom. The van der Waals surface area contributed by atoms with Crippen molar-refractivity contribution in [2.75, 3.05) is 32.1 Å². The van der Waals surface area contributed by atoms with E-state index in [0.29, 0.717) is 0 Å². The van der Waals surface area contributed by atoms with Crippen molar-refractivity contribution in [1.82, 2.24) is 15.3 Å². The van der Waals surface area contributed by atoms with E-state index < -0.39 is 0 Å². The van der Waals surface area contributed by atoms with Crippen LogP contribution in [0.5, 0.6) is 0 Å². The molecule has 1 heterocycles. The molecule has 1 aromatic heterocycles. The predicted molar refractivity (Wildman–Crippen MR) is 72.5 cm³/mol. The van der Waals surface area contributed by atoms with Crippen LogP contribution in [-0.4, -0.2) is 37.2 Å². The highest BCUT2D eigenvalue weighted by Crippen LogP contribution is 2.21. The molecule has 0 amide bonds. The van der Waals surface area contributed by atoms with Crippen molar-refractivity contribution < 1.29 is 0 Å². The Bertz CT molecular complexity index is 326. The molecule has 0 atom stereocenters. The molecule has 96 valence electrons. The SMILES string of the molecule is CNCCCN(C)c1ncc(C(C)(C)C)cn1. The number of hydrogen-bond acceptors (Lipinski definition) is 4. The third-order valence-electron chi connectivity index (χ3n) is 2.77. The molecule has 0 unspecified atom stereocenters. The quantitative estimate of drug-likeness (QED) is 0.792. The molecule has 0 spiro atoms. The van der Waals surface area contributed by atoms with Crippen LogP contribution in [-0.2, 0) is 5.41 Å². The van der Waals surface area contributed by atoms with E-state index in [9.17, 15) is 0 Å². The number of rotatable bonds is 5. The van der Waals surface area contributed by atoms with Crippen LogP contribution in [0.3, 0.4) is 0 Å². The maximum absolute atomic E-state index is 4.42. The van der Waals surface area contributed by atoms with Gasteiger partial charge in [0.05, 0.1) is 0 Å². The Hall–Kier alpha value is -1.16. The molecule has 1 aromatic rings. The van der Waals surface area contributed by atoms with E-state index >= 15 is 0 Å². The van der Waals surface area contributed by atoms with Gasteiger partial charge in [-0.3, -0.25) is 0 Å². The second-order valence-corrected chi connectivity index (χ2v) is 5.40. The van der Waals surface area contributed by atoms with Gasteiger partial charge in [-0.15, -0.1) is 0 Å². The lowest BCUT2D eigenvalue weighted by molar-refractivity contribution is 0.583. The summed E-state index contributed by atoms with van der Waals surface area (Å²) in [5.74, 6) is 0.800. The van der Waals surface area contributed by atoms with Crippen LogP contribution in [0, 0.1) is 0 Å². The molecule has 0 saturated carbocycles. The first-order chi connectivity index (χ1) is 7.95. The van der Waals surface area contributed by atoms with Gasteiger partial charge < -0.3 is 10.2 Å². The molecular formula is C13H24N4. The van der Waals surface area contributed by atoms with E-state index in [1.165, 1.54) is 5.56 Å². The monoisotopic (exact) mass is 236 g/mol. The Labute approximate surface area is 104 Å². The van der Waals surface area contributed by atoms with E-state index in [0.717, 1.165) is 25.5 Å². The molecule has 0 aromatic carbocycles. The Balaban J connectivity index is 2.61. The Morgan fingerprint density at radius 3 is 2.29 bits per heavy atom. The summed E-state index contributed by atoms with van der Waals surface area (Å²) in [6, 6.07) is 0. The summed E-state index contributed by atoms with van der Waals surface area (Å²) >= 11 is 0. The van der Waals surface area contributed by atoms with Gasteiger partial charge in [-0.05, 0) is 31.0 Å². The van der Waals surface area contributed by atoms with Gasteiger partial charge in [0.25, 0.3) is 0 Å². The highest BCUT2D eigenvalue weighted by Gasteiger charge is 2.15. The predicted octanol–water partition coefficient (Wildman–Crippen LogP) is 1.82. The van der Waals surface area contributed by atoms with Crippen molar-refractivity contribution in [1.29, 1.82) is 0 Å². The average Bonchev–Trinajstić information content (AvgIpc) is 2.28. The number of hydrogen-bond donors (Lipinski definition) is 1. The number of aromatic nitrogens is 2. The lowest BCUT2D eigenvalue weighted by Crippen LogP contribution is -2.24. The van der Waals surface area contributed by atoms with Crippen molar-refractivity contribution in [3.63, 3.8) is 0 Å². The van der Waals surface area contributed by atoms with Gasteiger partial charge in [0.2, 0.25) is 5.95 Å². The first-order valence-corrected chi connectivity index (χ1v) is 6.13. The first kappa shape index (κ1) is 13.9. The maximum Gasteiger partial charge on any atom is 0.224 e. The zero-order valence-electron chi connectivity index (χ0n) is 11.6. The molecule has 0 fully saturated rings. The molecule has 0 radical (unpaired) electrons. The molecule has 0 aliphatic heterocycles. The minimum absolute atomic E-state index is 0.114. The van der Waals surface area contributed by atoms with Gasteiger partial charge >= 0.3 is 0 Å². The zero-order chi connectivity index (χ0) is 12.9. The summed E-state index contributed by atoms with van der Waals surface area (Å²) in [6.07, 6.45) is 4.95.